The molecule has 1 nitrogen and oxygen atoms in total. The second kappa shape index (κ2) is 12.1. The van der Waals surface area contributed by atoms with Crippen LogP contribution >= 0.6 is 11.3 Å². The van der Waals surface area contributed by atoms with E-state index in [2.05, 4.69) is 195 Å². The van der Waals surface area contributed by atoms with E-state index >= 15 is 0 Å². The molecule has 226 valence electrons. The van der Waals surface area contributed by atoms with E-state index in [1.54, 1.807) is 0 Å². The van der Waals surface area contributed by atoms with E-state index in [0.717, 1.165) is 17.1 Å². The highest BCUT2D eigenvalue weighted by Gasteiger charge is 2.23. The van der Waals surface area contributed by atoms with Gasteiger partial charge < -0.3 is 4.90 Å². The van der Waals surface area contributed by atoms with Crippen LogP contribution in [0.4, 0.5) is 17.1 Å². The Morgan fingerprint density at radius 2 is 0.830 bits per heavy atom. The molecule has 0 fully saturated rings. The molecule has 0 aliphatic heterocycles. The van der Waals surface area contributed by atoms with Crippen molar-refractivity contribution in [3.8, 4) is 22.3 Å². The third-order valence-electron chi connectivity index (χ3n) is 9.41. The maximum atomic E-state index is 2.37. The molecule has 0 amide bonds. The molecule has 8 aromatic rings. The fourth-order valence-electron chi connectivity index (χ4n) is 6.64. The van der Waals surface area contributed by atoms with Gasteiger partial charge in [-0.25, -0.2) is 0 Å². The summed E-state index contributed by atoms with van der Waals surface area (Å²) in [4.78, 5) is 2.37. The quantitative estimate of drug-likeness (QED) is 0.171. The summed E-state index contributed by atoms with van der Waals surface area (Å²) in [5, 5.41) is 2.63. The van der Waals surface area contributed by atoms with Crippen LogP contribution in [0.1, 0.15) is 25.0 Å². The number of benzene rings is 7. The molecule has 1 heterocycles. The van der Waals surface area contributed by atoms with Crippen LogP contribution in [-0.2, 0) is 5.41 Å². The topological polar surface area (TPSA) is 3.24 Å². The average Bonchev–Trinajstić information content (AvgIpc) is 3.51. The zero-order valence-electron chi connectivity index (χ0n) is 26.6. The number of fused-ring (bicyclic) bond motifs is 3. The smallest absolute Gasteiger partial charge is 0.0476 e. The number of anilines is 3. The summed E-state index contributed by atoms with van der Waals surface area (Å²) in [5.74, 6) is 0. The van der Waals surface area contributed by atoms with Crippen LogP contribution < -0.4 is 4.90 Å². The van der Waals surface area contributed by atoms with Crippen molar-refractivity contribution in [3.63, 3.8) is 0 Å². The fourth-order valence-corrected chi connectivity index (χ4v) is 7.78. The molecule has 0 atom stereocenters. The first-order chi connectivity index (χ1) is 23.0. The van der Waals surface area contributed by atoms with Crippen LogP contribution in [0.25, 0.3) is 42.4 Å². The average molecular weight is 622 g/mol. The van der Waals surface area contributed by atoms with E-state index in [4.69, 9.17) is 0 Å². The molecule has 0 unspecified atom stereocenters. The third-order valence-corrected chi connectivity index (χ3v) is 10.5. The molecule has 0 radical (unpaired) electrons. The zero-order chi connectivity index (χ0) is 31.8. The molecule has 0 saturated carbocycles. The van der Waals surface area contributed by atoms with E-state index in [0.29, 0.717) is 0 Å². The van der Waals surface area contributed by atoms with Crippen LogP contribution in [0.2, 0.25) is 0 Å². The molecule has 7 aromatic carbocycles. The summed E-state index contributed by atoms with van der Waals surface area (Å²) in [6, 6.07) is 63.9. The van der Waals surface area contributed by atoms with Crippen LogP contribution in [0.3, 0.4) is 0 Å². The molecule has 0 aliphatic carbocycles. The van der Waals surface area contributed by atoms with Gasteiger partial charge in [0.05, 0.1) is 0 Å². The van der Waals surface area contributed by atoms with Gasteiger partial charge >= 0.3 is 0 Å². The summed E-state index contributed by atoms with van der Waals surface area (Å²) in [5.41, 5.74) is 10.8. The molecule has 1 aromatic heterocycles. The number of rotatable bonds is 7. The molecular formula is C45H35NS. The van der Waals surface area contributed by atoms with Crippen molar-refractivity contribution in [2.24, 2.45) is 0 Å². The Bertz CT molecular complexity index is 2280. The van der Waals surface area contributed by atoms with E-state index in [-0.39, 0.29) is 5.41 Å². The van der Waals surface area contributed by atoms with Crippen LogP contribution in [0, 0.1) is 0 Å². The molecule has 0 saturated heterocycles. The number of hydrogen-bond donors (Lipinski definition) is 0. The molecule has 0 bridgehead atoms. The van der Waals surface area contributed by atoms with Gasteiger partial charge in [-0.2, -0.15) is 0 Å². The molecule has 2 heteroatoms. The first-order valence-electron chi connectivity index (χ1n) is 16.2. The molecule has 8 rings (SSSR count). The molecular weight excluding hydrogens is 587 g/mol. The Hall–Kier alpha value is -5.44. The first kappa shape index (κ1) is 29.0. The SMILES string of the molecule is CC(C)(c1ccccc1)c1ccc(-c2ccc(N(c3ccc(-c4ccccc4)cc3)c3ccc4c(c3)sc3ccccc34)cc2)cc1. The summed E-state index contributed by atoms with van der Waals surface area (Å²) in [6.45, 7) is 4.59. The van der Waals surface area contributed by atoms with Gasteiger partial charge in [0.1, 0.15) is 0 Å². The van der Waals surface area contributed by atoms with Gasteiger partial charge in [-0.3, -0.25) is 0 Å². The van der Waals surface area contributed by atoms with Crippen molar-refractivity contribution in [1.82, 2.24) is 0 Å². The second-order valence-electron chi connectivity index (χ2n) is 12.6. The van der Waals surface area contributed by atoms with Crippen LogP contribution in [-0.4, -0.2) is 0 Å². The van der Waals surface area contributed by atoms with Crippen molar-refractivity contribution >= 4 is 48.6 Å². The van der Waals surface area contributed by atoms with Gasteiger partial charge in [0.2, 0.25) is 0 Å². The van der Waals surface area contributed by atoms with Crippen molar-refractivity contribution in [2.75, 3.05) is 4.90 Å². The van der Waals surface area contributed by atoms with Crippen molar-refractivity contribution in [3.05, 3.63) is 187 Å². The number of hydrogen-bond acceptors (Lipinski definition) is 2. The molecule has 0 spiro atoms. The molecule has 0 N–H and O–H groups in total. The fraction of sp³-hybridized carbons (Fsp3) is 0.0667. The number of thiophene rings is 1. The highest BCUT2D eigenvalue weighted by molar-refractivity contribution is 7.25. The number of nitrogens with zero attached hydrogens (tertiary/aromatic N) is 1. The molecule has 0 aliphatic rings. The zero-order valence-corrected chi connectivity index (χ0v) is 27.4. The Morgan fingerprint density at radius 1 is 0.383 bits per heavy atom. The van der Waals surface area contributed by atoms with Crippen LogP contribution in [0.5, 0.6) is 0 Å². The lowest BCUT2D eigenvalue weighted by Crippen LogP contribution is -2.18. The van der Waals surface area contributed by atoms with Gasteiger partial charge in [-0.15, -0.1) is 11.3 Å². The lowest BCUT2D eigenvalue weighted by Gasteiger charge is -2.27. The van der Waals surface area contributed by atoms with Crippen molar-refractivity contribution < 1.29 is 0 Å². The summed E-state index contributed by atoms with van der Waals surface area (Å²) in [6.07, 6.45) is 0. The maximum Gasteiger partial charge on any atom is 0.0476 e. The Morgan fingerprint density at radius 3 is 1.45 bits per heavy atom. The lowest BCUT2D eigenvalue weighted by atomic mass is 9.78. The summed E-state index contributed by atoms with van der Waals surface area (Å²) >= 11 is 1.86. The van der Waals surface area contributed by atoms with E-state index in [1.807, 2.05) is 11.3 Å². The Kier molecular flexibility index (Phi) is 7.44. The standard InChI is InChI=1S/C45H35NS/c1-45(2,36-13-7-4-8-14-36)37-23-17-33(18-24-37)35-21-27-39(28-22-35)46(38-25-19-34(20-26-38)32-11-5-3-6-12-32)40-29-30-42-41-15-9-10-16-43(41)47-44(42)31-40/h3-31H,1-2H3. The predicted molar refractivity (Wildman–Crippen MR) is 203 cm³/mol. The lowest BCUT2D eigenvalue weighted by molar-refractivity contribution is 0.641. The largest absolute Gasteiger partial charge is 0.310 e. The van der Waals surface area contributed by atoms with Gasteiger partial charge in [0.15, 0.2) is 0 Å². The van der Waals surface area contributed by atoms with Crippen LogP contribution in [0.15, 0.2) is 176 Å². The normalized spacial score (nSPS) is 11.6. The van der Waals surface area contributed by atoms with Gasteiger partial charge in [-0.1, -0.05) is 147 Å². The predicted octanol–water partition coefficient (Wildman–Crippen LogP) is 13.2. The summed E-state index contributed by atoms with van der Waals surface area (Å²) in [7, 11) is 0. The minimum Gasteiger partial charge on any atom is -0.310 e. The molecule has 47 heavy (non-hydrogen) atoms. The van der Waals surface area contributed by atoms with E-state index in [9.17, 15) is 0 Å². The Balaban J connectivity index is 1.15. The third kappa shape index (κ3) is 5.52. The van der Waals surface area contributed by atoms with Gasteiger partial charge in [0.25, 0.3) is 0 Å². The second-order valence-corrected chi connectivity index (χ2v) is 13.7. The van der Waals surface area contributed by atoms with Gasteiger partial charge in [0, 0.05) is 42.6 Å². The minimum absolute atomic E-state index is 0.0598. The summed E-state index contributed by atoms with van der Waals surface area (Å²) < 4.78 is 2.62. The first-order valence-corrected chi connectivity index (χ1v) is 17.0. The highest BCUT2D eigenvalue weighted by atomic mass is 32.1. The highest BCUT2D eigenvalue weighted by Crippen LogP contribution is 2.41. The Labute approximate surface area is 281 Å². The monoisotopic (exact) mass is 621 g/mol. The maximum absolute atomic E-state index is 2.37. The minimum atomic E-state index is -0.0598. The van der Waals surface area contributed by atoms with Crippen molar-refractivity contribution in [1.29, 1.82) is 0 Å². The van der Waals surface area contributed by atoms with E-state index < -0.39 is 0 Å². The van der Waals surface area contributed by atoms with Gasteiger partial charge in [-0.05, 0) is 75.8 Å². The van der Waals surface area contributed by atoms with Crippen molar-refractivity contribution in [2.45, 2.75) is 19.3 Å². The van der Waals surface area contributed by atoms with E-state index in [1.165, 1.54) is 53.6 Å².